The van der Waals surface area contributed by atoms with Gasteiger partial charge in [0.15, 0.2) is 5.78 Å². The molecular formula is C17H24O3. The Morgan fingerprint density at radius 1 is 1.45 bits per heavy atom. The quantitative estimate of drug-likeness (QED) is 0.572. The molecular weight excluding hydrogens is 252 g/mol. The summed E-state index contributed by atoms with van der Waals surface area (Å²) in [4.78, 5) is 23.2. The number of ketones is 1. The Hall–Kier alpha value is -1.38. The minimum absolute atomic E-state index is 0.0962. The second kappa shape index (κ2) is 5.55. The predicted octanol–water partition coefficient (Wildman–Crippen LogP) is 3.59. The first-order chi connectivity index (χ1) is 9.34. The molecule has 1 fully saturated rings. The molecule has 2 rings (SSSR count). The van der Waals surface area contributed by atoms with E-state index < -0.39 is 0 Å². The Morgan fingerprint density at radius 2 is 2.15 bits per heavy atom. The van der Waals surface area contributed by atoms with Gasteiger partial charge in [-0.15, -0.1) is 0 Å². The van der Waals surface area contributed by atoms with Crippen LogP contribution in [0.1, 0.15) is 53.4 Å². The zero-order valence-corrected chi connectivity index (χ0v) is 12.9. The molecule has 0 heterocycles. The number of carbonyl (C=O) groups is 2. The Morgan fingerprint density at radius 3 is 2.80 bits per heavy atom. The van der Waals surface area contributed by atoms with Crippen LogP contribution in [0.3, 0.4) is 0 Å². The number of carbonyl (C=O) groups excluding carboxylic acids is 2. The molecule has 2 aliphatic rings. The van der Waals surface area contributed by atoms with Crippen LogP contribution in [0.25, 0.3) is 0 Å². The summed E-state index contributed by atoms with van der Waals surface area (Å²) in [5.74, 6) is 0.394. The first kappa shape index (κ1) is 15.0. The van der Waals surface area contributed by atoms with E-state index in [1.165, 1.54) is 25.3 Å². The van der Waals surface area contributed by atoms with Crippen molar-refractivity contribution in [1.29, 1.82) is 0 Å². The van der Waals surface area contributed by atoms with Crippen LogP contribution < -0.4 is 0 Å². The lowest BCUT2D eigenvalue weighted by atomic mass is 9.59. The predicted molar refractivity (Wildman–Crippen MR) is 78.2 cm³/mol. The molecule has 0 aromatic carbocycles. The first-order valence-corrected chi connectivity index (χ1v) is 7.42. The zero-order valence-electron chi connectivity index (χ0n) is 12.9. The second-order valence-electron chi connectivity index (χ2n) is 6.46. The van der Waals surface area contributed by atoms with Gasteiger partial charge in [0, 0.05) is 12.5 Å². The topological polar surface area (TPSA) is 43.4 Å². The summed E-state index contributed by atoms with van der Waals surface area (Å²) < 4.78 is 5.03. The Balaban J connectivity index is 2.30. The second-order valence-corrected chi connectivity index (χ2v) is 6.46. The van der Waals surface area contributed by atoms with Gasteiger partial charge in [0.25, 0.3) is 0 Å². The average Bonchev–Trinajstić information content (AvgIpc) is 2.38. The third-order valence-electron chi connectivity index (χ3n) is 5.06. The maximum Gasteiger partial charge on any atom is 0.302 e. The van der Waals surface area contributed by atoms with Gasteiger partial charge in [-0.25, -0.2) is 0 Å². The van der Waals surface area contributed by atoms with Gasteiger partial charge in [0.1, 0.15) is 6.61 Å². The highest BCUT2D eigenvalue weighted by Crippen LogP contribution is 2.51. The molecule has 0 radical (unpaired) electrons. The summed E-state index contributed by atoms with van der Waals surface area (Å²) in [6.45, 7) is 8.06. The summed E-state index contributed by atoms with van der Waals surface area (Å²) in [7, 11) is 0. The van der Waals surface area contributed by atoms with Crippen molar-refractivity contribution in [1.82, 2.24) is 0 Å². The smallest absolute Gasteiger partial charge is 0.302 e. The molecule has 0 aromatic rings. The van der Waals surface area contributed by atoms with E-state index in [1.54, 1.807) is 0 Å². The van der Waals surface area contributed by atoms with Crippen LogP contribution in [-0.4, -0.2) is 18.4 Å². The van der Waals surface area contributed by atoms with Gasteiger partial charge in [0.05, 0.1) is 0 Å². The monoisotopic (exact) mass is 276 g/mol. The molecule has 0 bridgehead atoms. The SMILES string of the molecule is CC(=O)OC/C(C)=C1\C[C@@]2(C)C(=CC1=O)CCC[C@@H]2C. The van der Waals surface area contributed by atoms with E-state index in [0.717, 1.165) is 24.0 Å². The van der Waals surface area contributed by atoms with Gasteiger partial charge in [-0.2, -0.15) is 0 Å². The summed E-state index contributed by atoms with van der Waals surface area (Å²) in [5, 5.41) is 0. The Bertz CT molecular complexity index is 498. The minimum atomic E-state index is -0.304. The maximum atomic E-state index is 12.3. The van der Waals surface area contributed by atoms with Crippen LogP contribution in [0, 0.1) is 11.3 Å². The van der Waals surface area contributed by atoms with Crippen LogP contribution in [0.15, 0.2) is 22.8 Å². The molecule has 0 N–H and O–H groups in total. The molecule has 0 aromatic heterocycles. The fraction of sp³-hybridized carbons (Fsp3) is 0.647. The van der Waals surface area contributed by atoms with Crippen molar-refractivity contribution >= 4 is 11.8 Å². The van der Waals surface area contributed by atoms with Crippen LogP contribution in [0.2, 0.25) is 0 Å². The van der Waals surface area contributed by atoms with E-state index >= 15 is 0 Å². The third kappa shape index (κ3) is 2.72. The number of hydrogen-bond acceptors (Lipinski definition) is 3. The summed E-state index contributed by atoms with van der Waals surface area (Å²) in [5.41, 5.74) is 3.13. The third-order valence-corrected chi connectivity index (χ3v) is 5.06. The number of allylic oxidation sites excluding steroid dienone is 3. The molecule has 2 atom stereocenters. The van der Waals surface area contributed by atoms with E-state index in [4.69, 9.17) is 4.74 Å². The molecule has 2 aliphatic carbocycles. The minimum Gasteiger partial charge on any atom is -0.461 e. The summed E-state index contributed by atoms with van der Waals surface area (Å²) >= 11 is 0. The number of hydrogen-bond donors (Lipinski definition) is 0. The molecule has 0 spiro atoms. The van der Waals surface area contributed by atoms with Crippen LogP contribution in [0.5, 0.6) is 0 Å². The van der Waals surface area contributed by atoms with Gasteiger partial charge in [-0.1, -0.05) is 19.4 Å². The molecule has 110 valence electrons. The maximum absolute atomic E-state index is 12.3. The highest BCUT2D eigenvalue weighted by atomic mass is 16.5. The molecule has 0 unspecified atom stereocenters. The highest BCUT2D eigenvalue weighted by Gasteiger charge is 2.42. The lowest BCUT2D eigenvalue weighted by Gasteiger charge is -2.45. The van der Waals surface area contributed by atoms with Crippen molar-refractivity contribution in [2.24, 2.45) is 11.3 Å². The summed E-state index contributed by atoms with van der Waals surface area (Å²) in [6, 6.07) is 0. The van der Waals surface area contributed by atoms with E-state index in [1.807, 2.05) is 13.0 Å². The van der Waals surface area contributed by atoms with Crippen molar-refractivity contribution in [3.05, 3.63) is 22.8 Å². The molecule has 3 heteroatoms. The normalized spacial score (nSPS) is 32.3. The highest BCUT2D eigenvalue weighted by molar-refractivity contribution is 6.06. The average molecular weight is 276 g/mol. The first-order valence-electron chi connectivity index (χ1n) is 7.42. The lowest BCUT2D eigenvalue weighted by molar-refractivity contribution is -0.140. The van der Waals surface area contributed by atoms with Crippen LogP contribution >= 0.6 is 0 Å². The molecule has 3 nitrogen and oxygen atoms in total. The van der Waals surface area contributed by atoms with Gasteiger partial charge in [0.2, 0.25) is 0 Å². The number of ether oxygens (including phenoxy) is 1. The van der Waals surface area contributed by atoms with Gasteiger partial charge in [-0.3, -0.25) is 9.59 Å². The van der Waals surface area contributed by atoms with Crippen molar-refractivity contribution in [3.8, 4) is 0 Å². The Labute approximate surface area is 121 Å². The standard InChI is InChI=1S/C17H24O3/c1-11(10-20-13(3)18)15-9-17(4)12(2)6-5-7-14(17)8-16(15)19/h8,12H,5-7,9-10H2,1-4H3/b15-11+/t12-,17+/m0/s1. The van der Waals surface area contributed by atoms with Crippen LogP contribution in [0.4, 0.5) is 0 Å². The van der Waals surface area contributed by atoms with Crippen LogP contribution in [-0.2, 0) is 14.3 Å². The Kier molecular flexibility index (Phi) is 4.17. The van der Waals surface area contributed by atoms with Crippen molar-refractivity contribution in [3.63, 3.8) is 0 Å². The van der Waals surface area contributed by atoms with Gasteiger partial charge in [-0.05, 0) is 55.6 Å². The fourth-order valence-corrected chi connectivity index (χ4v) is 3.40. The van der Waals surface area contributed by atoms with Gasteiger partial charge >= 0.3 is 5.97 Å². The summed E-state index contributed by atoms with van der Waals surface area (Å²) in [6.07, 6.45) is 6.07. The van der Waals surface area contributed by atoms with Crippen molar-refractivity contribution < 1.29 is 14.3 Å². The molecule has 20 heavy (non-hydrogen) atoms. The molecule has 1 saturated carbocycles. The van der Waals surface area contributed by atoms with E-state index in [9.17, 15) is 9.59 Å². The number of esters is 1. The van der Waals surface area contributed by atoms with E-state index in [-0.39, 0.29) is 23.8 Å². The van der Waals surface area contributed by atoms with Crippen molar-refractivity contribution in [2.45, 2.75) is 53.4 Å². The van der Waals surface area contributed by atoms with E-state index in [0.29, 0.717) is 5.92 Å². The number of rotatable bonds is 2. The van der Waals surface area contributed by atoms with Crippen molar-refractivity contribution in [2.75, 3.05) is 6.61 Å². The van der Waals surface area contributed by atoms with E-state index in [2.05, 4.69) is 13.8 Å². The molecule has 0 amide bonds. The van der Waals surface area contributed by atoms with Gasteiger partial charge < -0.3 is 4.74 Å². The largest absolute Gasteiger partial charge is 0.461 e. The number of fused-ring (bicyclic) bond motifs is 1. The molecule has 0 aliphatic heterocycles. The lowest BCUT2D eigenvalue weighted by Crippen LogP contribution is -2.36. The zero-order chi connectivity index (χ0) is 14.9. The fourth-order valence-electron chi connectivity index (χ4n) is 3.40. The molecule has 0 saturated heterocycles.